The Bertz CT molecular complexity index is 1120. The number of hydrogen-bond donors (Lipinski definition) is 3. The number of carbonyl (C=O) groups excluding carboxylic acids is 1. The maximum Gasteiger partial charge on any atom is 0.697 e. The molecule has 0 radical (unpaired) electrons. The summed E-state index contributed by atoms with van der Waals surface area (Å²) in [5.74, 6) is 0.122. The van der Waals surface area contributed by atoms with Crippen molar-refractivity contribution in [3.05, 3.63) is 22.9 Å². The molecule has 2 aromatic rings. The highest BCUT2D eigenvalue weighted by molar-refractivity contribution is 8.13. The molecule has 34 heavy (non-hydrogen) atoms. The Morgan fingerprint density at radius 2 is 2.09 bits per heavy atom. The van der Waals surface area contributed by atoms with E-state index in [0.29, 0.717) is 12.2 Å². The molecule has 1 saturated heterocycles. The maximum absolute atomic E-state index is 12.1. The maximum atomic E-state index is 12.1. The molecular formula is C19H29N5O8PS+. The van der Waals surface area contributed by atoms with E-state index < -0.39 is 43.4 Å². The summed E-state index contributed by atoms with van der Waals surface area (Å²) in [6, 6.07) is 0. The molecule has 5 atom stereocenters. The van der Waals surface area contributed by atoms with Crippen molar-refractivity contribution in [1.82, 2.24) is 18.9 Å². The number of hydrogen-bond acceptors (Lipinski definition) is 12. The minimum atomic E-state index is -2.54. The Hall–Kier alpha value is -1.93. The Morgan fingerprint density at radius 1 is 1.38 bits per heavy atom. The number of thioether (sulfide) groups is 1. The summed E-state index contributed by atoms with van der Waals surface area (Å²) >= 11 is 1.10. The number of aliphatic hydroxyl groups is 2. The predicted octanol–water partition coefficient (Wildman–Crippen LogP) is 0.869. The zero-order valence-electron chi connectivity index (χ0n) is 19.3. The quantitative estimate of drug-likeness (QED) is 0.299. The molecule has 1 aliphatic heterocycles. The van der Waals surface area contributed by atoms with Gasteiger partial charge in [-0.1, -0.05) is 32.5 Å². The van der Waals surface area contributed by atoms with Gasteiger partial charge in [-0.3, -0.25) is 9.36 Å². The first-order valence-corrected chi connectivity index (χ1v) is 12.7. The topological polar surface area (TPSA) is 180 Å². The molecule has 0 saturated carbocycles. The summed E-state index contributed by atoms with van der Waals surface area (Å²) in [6.07, 6.45) is -0.111. The molecule has 2 aromatic heterocycles. The van der Waals surface area contributed by atoms with Crippen molar-refractivity contribution in [2.75, 3.05) is 24.7 Å². The number of nitrogens with two attached hydrogens (primary N) is 1. The van der Waals surface area contributed by atoms with Crippen LogP contribution in [0.2, 0.25) is 0 Å². The lowest BCUT2D eigenvalue weighted by molar-refractivity contribution is -0.118. The smallest absolute Gasteiger partial charge is 0.387 e. The summed E-state index contributed by atoms with van der Waals surface area (Å²) in [6.45, 7) is 6.70. The molecule has 1 fully saturated rings. The number of aliphatic hydroxyl groups excluding tert-OH is 1. The molecule has 2 unspecified atom stereocenters. The average molecular weight is 519 g/mol. The van der Waals surface area contributed by atoms with Crippen LogP contribution in [0.25, 0.3) is 5.78 Å². The van der Waals surface area contributed by atoms with Gasteiger partial charge in [0.05, 0.1) is 0 Å². The molecule has 3 rings (SSSR count). The van der Waals surface area contributed by atoms with Crippen molar-refractivity contribution < 1.29 is 33.4 Å². The standard InChI is InChI=1S/C19H28N5O8PS/c1-5-18(2,3)14(26)34-9-8-30-33(29)31-10-11-12(25)19(4,28)13(32-11)23-6-7-24-16(23)21-15(20)22-17(24)27/h6-7,11-13,25,28H,5,8-10H2,1-4H3,(H-,20,22,27)/p+1/t11-,12?,13-,19+/m1/s1. The second kappa shape index (κ2) is 10.4. The van der Waals surface area contributed by atoms with Crippen LogP contribution in [0.3, 0.4) is 0 Å². The van der Waals surface area contributed by atoms with Gasteiger partial charge >= 0.3 is 13.9 Å². The summed E-state index contributed by atoms with van der Waals surface area (Å²) in [7, 11) is -2.54. The molecule has 0 spiro atoms. The zero-order valence-corrected chi connectivity index (χ0v) is 21.0. The summed E-state index contributed by atoms with van der Waals surface area (Å²) in [5, 5.41) is 21.5. The fourth-order valence-corrected chi connectivity index (χ4v) is 4.85. The third-order valence-corrected chi connectivity index (χ3v) is 7.69. The Balaban J connectivity index is 1.57. The number of rotatable bonds is 10. The van der Waals surface area contributed by atoms with Crippen molar-refractivity contribution in [3.8, 4) is 0 Å². The first-order valence-electron chi connectivity index (χ1n) is 10.6. The van der Waals surface area contributed by atoms with Crippen LogP contribution in [0.4, 0.5) is 5.95 Å². The molecule has 4 N–H and O–H groups in total. The van der Waals surface area contributed by atoms with E-state index in [1.165, 1.54) is 23.9 Å². The number of anilines is 1. The number of carbonyl (C=O) groups is 1. The fourth-order valence-electron chi connectivity index (χ4n) is 3.25. The Kier molecular flexibility index (Phi) is 8.13. The minimum absolute atomic E-state index is 0.0253. The zero-order chi connectivity index (χ0) is 25.3. The number of ether oxygens (including phenoxy) is 1. The molecular weight excluding hydrogens is 489 g/mol. The van der Waals surface area contributed by atoms with E-state index >= 15 is 0 Å². The molecule has 0 aliphatic carbocycles. The van der Waals surface area contributed by atoms with Gasteiger partial charge in [-0.15, -0.1) is 9.05 Å². The fraction of sp³-hybridized carbons (Fsp3) is 0.684. The van der Waals surface area contributed by atoms with Gasteiger partial charge in [0.15, 0.2) is 11.3 Å². The van der Waals surface area contributed by atoms with E-state index in [4.69, 9.17) is 19.5 Å². The lowest BCUT2D eigenvalue weighted by Gasteiger charge is -2.27. The molecule has 1 aliphatic rings. The van der Waals surface area contributed by atoms with Gasteiger partial charge in [0.25, 0.3) is 0 Å². The largest absolute Gasteiger partial charge is 0.697 e. The van der Waals surface area contributed by atoms with Gasteiger partial charge in [0.2, 0.25) is 11.7 Å². The van der Waals surface area contributed by atoms with Crippen LogP contribution in [-0.2, 0) is 23.1 Å². The van der Waals surface area contributed by atoms with Crippen molar-refractivity contribution in [2.45, 2.75) is 58.2 Å². The molecule has 15 heteroatoms. The molecule has 0 aromatic carbocycles. The highest BCUT2D eigenvalue weighted by Gasteiger charge is 2.54. The Labute approximate surface area is 200 Å². The molecule has 188 valence electrons. The second-order valence-corrected chi connectivity index (χ2v) is 10.7. The van der Waals surface area contributed by atoms with Gasteiger partial charge in [0.1, 0.15) is 31.0 Å². The lowest BCUT2D eigenvalue weighted by Crippen LogP contribution is -2.44. The SMILES string of the molecule is CCC(C)(C)C(=O)SCCO[P+](=O)OC[C@H]1O[C@@H](n2ccn3c(=O)nc(N)nc23)[C@@](C)(O)C1O. The summed E-state index contributed by atoms with van der Waals surface area (Å²) < 4.78 is 30.6. The molecule has 0 amide bonds. The van der Waals surface area contributed by atoms with Gasteiger partial charge in [-0.2, -0.15) is 9.97 Å². The van der Waals surface area contributed by atoms with E-state index in [2.05, 4.69) is 9.97 Å². The van der Waals surface area contributed by atoms with Crippen LogP contribution in [0.5, 0.6) is 0 Å². The van der Waals surface area contributed by atoms with Crippen molar-refractivity contribution in [2.24, 2.45) is 5.41 Å². The van der Waals surface area contributed by atoms with Gasteiger partial charge in [0, 0.05) is 28.1 Å². The molecule has 0 bridgehead atoms. The van der Waals surface area contributed by atoms with E-state index in [1.54, 1.807) is 0 Å². The van der Waals surface area contributed by atoms with Crippen LogP contribution in [0.15, 0.2) is 17.2 Å². The highest BCUT2D eigenvalue weighted by atomic mass is 32.2. The van der Waals surface area contributed by atoms with Gasteiger partial charge < -0.3 is 20.7 Å². The number of imidazole rings is 1. The van der Waals surface area contributed by atoms with Gasteiger partial charge in [-0.05, 0) is 13.3 Å². The molecule has 13 nitrogen and oxygen atoms in total. The van der Waals surface area contributed by atoms with E-state index in [-0.39, 0.29) is 30.1 Å². The normalized spacial score (nSPS) is 25.7. The lowest BCUT2D eigenvalue weighted by atomic mass is 9.92. The van der Waals surface area contributed by atoms with Gasteiger partial charge in [-0.25, -0.2) is 9.20 Å². The summed E-state index contributed by atoms with van der Waals surface area (Å²) in [5.41, 5.74) is 2.65. The number of aromatic nitrogens is 4. The van der Waals surface area contributed by atoms with Crippen LogP contribution in [0.1, 0.15) is 40.3 Å². The van der Waals surface area contributed by atoms with E-state index in [0.717, 1.165) is 16.2 Å². The highest BCUT2D eigenvalue weighted by Crippen LogP contribution is 2.40. The Morgan fingerprint density at radius 3 is 2.76 bits per heavy atom. The van der Waals surface area contributed by atoms with Crippen LogP contribution < -0.4 is 11.4 Å². The second-order valence-electron chi connectivity index (χ2n) is 8.66. The number of fused-ring (bicyclic) bond motifs is 1. The van der Waals surface area contributed by atoms with E-state index in [9.17, 15) is 24.4 Å². The van der Waals surface area contributed by atoms with Crippen LogP contribution >= 0.6 is 20.0 Å². The third-order valence-electron chi connectivity index (χ3n) is 5.75. The van der Waals surface area contributed by atoms with Crippen LogP contribution in [-0.4, -0.2) is 71.0 Å². The minimum Gasteiger partial charge on any atom is -0.387 e. The van der Waals surface area contributed by atoms with Crippen molar-refractivity contribution in [1.29, 1.82) is 0 Å². The number of nitrogen functional groups attached to an aromatic ring is 1. The molecule has 3 heterocycles. The van der Waals surface area contributed by atoms with Crippen molar-refractivity contribution in [3.63, 3.8) is 0 Å². The third kappa shape index (κ3) is 5.48. The number of nitrogens with zero attached hydrogens (tertiary/aromatic N) is 4. The first-order chi connectivity index (χ1) is 15.9. The average Bonchev–Trinajstić information content (AvgIpc) is 3.28. The first kappa shape index (κ1) is 26.7. The summed E-state index contributed by atoms with van der Waals surface area (Å²) in [4.78, 5) is 31.6. The van der Waals surface area contributed by atoms with E-state index in [1.807, 2.05) is 20.8 Å². The predicted molar refractivity (Wildman–Crippen MR) is 123 cm³/mol. The monoisotopic (exact) mass is 518 g/mol. The van der Waals surface area contributed by atoms with Crippen LogP contribution in [0, 0.1) is 5.41 Å². The van der Waals surface area contributed by atoms with Crippen molar-refractivity contribution >= 4 is 36.9 Å².